The number of thiophene rings is 1. The van der Waals surface area contributed by atoms with Gasteiger partial charge in [-0.3, -0.25) is 9.59 Å². The lowest BCUT2D eigenvalue weighted by molar-refractivity contribution is -0.116. The van der Waals surface area contributed by atoms with Gasteiger partial charge in [0.2, 0.25) is 11.7 Å². The van der Waals surface area contributed by atoms with Crippen LogP contribution in [0.15, 0.2) is 32.5 Å². The zero-order valence-corrected chi connectivity index (χ0v) is 15.1. The quantitative estimate of drug-likeness (QED) is 0.664. The fraction of sp³-hybridized carbons (Fsp3) is 0.200. The molecule has 1 aliphatic rings. The summed E-state index contributed by atoms with van der Waals surface area (Å²) in [5.74, 6) is -0.0336. The number of fused-ring (bicyclic) bond motifs is 1. The Kier molecular flexibility index (Phi) is 4.03. The van der Waals surface area contributed by atoms with Crippen molar-refractivity contribution in [2.75, 3.05) is 11.4 Å². The van der Waals surface area contributed by atoms with Crippen LogP contribution in [0, 0.1) is 0 Å². The number of hydrogen-bond donors (Lipinski definition) is 0. The molecule has 0 spiro atoms. The van der Waals surface area contributed by atoms with Gasteiger partial charge in [-0.05, 0) is 51.5 Å². The molecule has 0 aliphatic carbocycles. The maximum atomic E-state index is 12.7. The Balaban J connectivity index is 2.09. The summed E-state index contributed by atoms with van der Waals surface area (Å²) in [7, 11) is 0. The van der Waals surface area contributed by atoms with Crippen molar-refractivity contribution < 1.29 is 9.59 Å². The summed E-state index contributed by atoms with van der Waals surface area (Å²) in [5, 5.41) is 1.88. The Morgan fingerprint density at radius 1 is 1.24 bits per heavy atom. The highest BCUT2D eigenvalue weighted by Gasteiger charge is 2.26. The third kappa shape index (κ3) is 2.60. The van der Waals surface area contributed by atoms with Crippen molar-refractivity contribution >= 4 is 60.6 Å². The van der Waals surface area contributed by atoms with Crippen molar-refractivity contribution in [3.63, 3.8) is 0 Å². The van der Waals surface area contributed by atoms with Gasteiger partial charge in [0.1, 0.15) is 0 Å². The van der Waals surface area contributed by atoms with Crippen LogP contribution in [0.5, 0.6) is 0 Å². The first kappa shape index (κ1) is 14.9. The van der Waals surface area contributed by atoms with E-state index in [-0.39, 0.29) is 11.7 Å². The molecule has 0 radical (unpaired) electrons. The molecule has 2 heterocycles. The van der Waals surface area contributed by atoms with E-state index < -0.39 is 0 Å². The van der Waals surface area contributed by atoms with E-state index >= 15 is 0 Å². The molecule has 3 rings (SSSR count). The smallest absolute Gasteiger partial charge is 0.223 e. The first-order chi connectivity index (χ1) is 9.99. The summed E-state index contributed by atoms with van der Waals surface area (Å²) in [6, 6.07) is 5.64. The van der Waals surface area contributed by atoms with Gasteiger partial charge < -0.3 is 4.90 Å². The van der Waals surface area contributed by atoms with E-state index in [0.717, 1.165) is 26.6 Å². The molecule has 1 aromatic heterocycles. The van der Waals surface area contributed by atoms with Gasteiger partial charge in [0, 0.05) is 33.7 Å². The maximum absolute atomic E-state index is 12.7. The molecule has 2 aromatic rings. The molecule has 1 aliphatic heterocycles. The molecule has 1 aromatic carbocycles. The van der Waals surface area contributed by atoms with E-state index in [1.54, 1.807) is 11.8 Å². The van der Waals surface area contributed by atoms with Crippen LogP contribution in [-0.4, -0.2) is 18.2 Å². The molecule has 0 saturated heterocycles. The standard InChI is InChI=1S/C15H11Br2NO2S/c1-8(19)18-4-2-9-6-12(17)10(7-13(9)18)14(20)15-11(16)3-5-21-15/h3,5-7H,2,4H2,1H3. The van der Waals surface area contributed by atoms with Gasteiger partial charge in [0.05, 0.1) is 4.88 Å². The molecule has 108 valence electrons. The van der Waals surface area contributed by atoms with Crippen LogP contribution >= 0.6 is 43.2 Å². The van der Waals surface area contributed by atoms with Crippen molar-refractivity contribution in [3.05, 3.63) is 48.5 Å². The molecule has 1 amide bonds. The summed E-state index contributed by atoms with van der Waals surface area (Å²) >= 11 is 8.28. The average molecular weight is 429 g/mol. The molecule has 0 unspecified atom stereocenters. The minimum atomic E-state index is -0.0399. The number of hydrogen-bond acceptors (Lipinski definition) is 3. The number of rotatable bonds is 2. The minimum Gasteiger partial charge on any atom is -0.312 e. The summed E-state index contributed by atoms with van der Waals surface area (Å²) in [6.07, 6.45) is 0.824. The van der Waals surface area contributed by atoms with Gasteiger partial charge >= 0.3 is 0 Å². The zero-order chi connectivity index (χ0) is 15.1. The molecule has 0 bridgehead atoms. The maximum Gasteiger partial charge on any atom is 0.223 e. The number of ketones is 1. The van der Waals surface area contributed by atoms with Crippen LogP contribution in [0.4, 0.5) is 5.69 Å². The lowest BCUT2D eigenvalue weighted by atomic mass is 10.0. The molecule has 21 heavy (non-hydrogen) atoms. The van der Waals surface area contributed by atoms with E-state index in [1.807, 2.05) is 23.6 Å². The van der Waals surface area contributed by atoms with Crippen molar-refractivity contribution in [2.45, 2.75) is 13.3 Å². The second-order valence-corrected chi connectivity index (χ2v) is 7.43. The zero-order valence-electron chi connectivity index (χ0n) is 11.2. The molecular weight excluding hydrogens is 418 g/mol. The fourth-order valence-electron chi connectivity index (χ4n) is 2.49. The Morgan fingerprint density at radius 3 is 2.62 bits per heavy atom. The third-order valence-electron chi connectivity index (χ3n) is 3.51. The van der Waals surface area contributed by atoms with Gasteiger partial charge in [-0.1, -0.05) is 15.9 Å². The summed E-state index contributed by atoms with van der Waals surface area (Å²) < 4.78 is 1.57. The Bertz CT molecular complexity index is 754. The number of nitrogens with zero attached hydrogens (tertiary/aromatic N) is 1. The fourth-order valence-corrected chi connectivity index (χ4v) is 4.56. The second-order valence-electron chi connectivity index (χ2n) is 4.81. The number of carbonyl (C=O) groups excluding carboxylic acids is 2. The predicted molar refractivity (Wildman–Crippen MR) is 91.3 cm³/mol. The Morgan fingerprint density at radius 2 is 2.00 bits per heavy atom. The van der Waals surface area contributed by atoms with Gasteiger partial charge in [-0.2, -0.15) is 0 Å². The van der Waals surface area contributed by atoms with E-state index in [0.29, 0.717) is 17.0 Å². The topological polar surface area (TPSA) is 37.4 Å². The lowest BCUT2D eigenvalue weighted by Crippen LogP contribution is -2.25. The molecule has 0 saturated carbocycles. The van der Waals surface area contributed by atoms with E-state index in [9.17, 15) is 9.59 Å². The van der Waals surface area contributed by atoms with E-state index in [1.165, 1.54) is 11.3 Å². The van der Waals surface area contributed by atoms with Gasteiger partial charge in [-0.25, -0.2) is 0 Å². The summed E-state index contributed by atoms with van der Waals surface area (Å²) in [5.41, 5.74) is 2.53. The average Bonchev–Trinajstić information content (AvgIpc) is 3.02. The van der Waals surface area contributed by atoms with Crippen LogP contribution in [0.25, 0.3) is 0 Å². The lowest BCUT2D eigenvalue weighted by Gasteiger charge is -2.16. The summed E-state index contributed by atoms with van der Waals surface area (Å²) in [6.45, 7) is 2.23. The minimum absolute atomic E-state index is 0.00627. The predicted octanol–water partition coefficient (Wildman–Crippen LogP) is 4.41. The monoisotopic (exact) mass is 427 g/mol. The molecular formula is C15H11Br2NO2S. The van der Waals surface area contributed by atoms with Crippen molar-refractivity contribution in [3.8, 4) is 0 Å². The van der Waals surface area contributed by atoms with Crippen molar-refractivity contribution in [2.24, 2.45) is 0 Å². The van der Waals surface area contributed by atoms with E-state index in [4.69, 9.17) is 0 Å². The number of amides is 1. The highest BCUT2D eigenvalue weighted by Crippen LogP contribution is 2.36. The number of anilines is 1. The molecule has 3 nitrogen and oxygen atoms in total. The van der Waals surface area contributed by atoms with Crippen LogP contribution < -0.4 is 4.90 Å². The molecule has 0 N–H and O–H groups in total. The molecule has 0 atom stereocenters. The normalized spacial score (nSPS) is 13.4. The third-order valence-corrected chi connectivity index (χ3v) is 6.00. The van der Waals surface area contributed by atoms with Gasteiger partial charge in [-0.15, -0.1) is 11.3 Å². The number of carbonyl (C=O) groups is 2. The molecule has 6 heteroatoms. The van der Waals surface area contributed by atoms with Crippen LogP contribution in [0.3, 0.4) is 0 Å². The summed E-state index contributed by atoms with van der Waals surface area (Å²) in [4.78, 5) is 26.7. The first-order valence-corrected chi connectivity index (χ1v) is 8.84. The SMILES string of the molecule is CC(=O)N1CCc2cc(Br)c(C(=O)c3sccc3Br)cc21. The van der Waals surface area contributed by atoms with Crippen LogP contribution in [-0.2, 0) is 11.2 Å². The number of benzene rings is 1. The highest BCUT2D eigenvalue weighted by atomic mass is 79.9. The van der Waals surface area contributed by atoms with Crippen LogP contribution in [0.2, 0.25) is 0 Å². The van der Waals surface area contributed by atoms with Gasteiger partial charge in [0.25, 0.3) is 0 Å². The van der Waals surface area contributed by atoms with Crippen molar-refractivity contribution in [1.29, 1.82) is 0 Å². The second kappa shape index (κ2) is 5.66. The Hall–Kier alpha value is -0.980. The van der Waals surface area contributed by atoms with Gasteiger partial charge in [0.15, 0.2) is 0 Å². The first-order valence-electron chi connectivity index (χ1n) is 6.37. The molecule has 0 fully saturated rings. The van der Waals surface area contributed by atoms with Crippen LogP contribution in [0.1, 0.15) is 27.7 Å². The van der Waals surface area contributed by atoms with E-state index in [2.05, 4.69) is 31.9 Å². The van der Waals surface area contributed by atoms with Crippen molar-refractivity contribution in [1.82, 2.24) is 0 Å². The number of halogens is 2. The largest absolute Gasteiger partial charge is 0.312 e. The highest BCUT2D eigenvalue weighted by molar-refractivity contribution is 9.11. The Labute approximate surface area is 143 Å².